The normalized spacial score (nSPS) is 18.1. The number of carboxylic acid groups (broad SMARTS) is 1. The summed E-state index contributed by atoms with van der Waals surface area (Å²) in [5.41, 5.74) is 0. The smallest absolute Gasteiger partial charge is 0.327 e. The molecule has 0 aromatic rings. The van der Waals surface area contributed by atoms with Crippen molar-refractivity contribution in [1.29, 1.82) is 0 Å². The Bertz CT molecular complexity index is 206. The minimum Gasteiger partial charge on any atom is -0.478 e. The minimum atomic E-state index is -0.981. The Labute approximate surface area is 181 Å². The molecule has 0 aromatic carbocycles. The third-order valence-corrected chi connectivity index (χ3v) is 5.17. The number of hydrogen-bond donors (Lipinski definition) is 3. The van der Waals surface area contributed by atoms with Gasteiger partial charge in [-0.1, -0.05) is 135 Å². The molecule has 2 aliphatic carbocycles. The van der Waals surface area contributed by atoms with Crippen molar-refractivity contribution >= 4 is 5.97 Å². The van der Waals surface area contributed by atoms with Crippen molar-refractivity contribution in [2.45, 2.75) is 128 Å². The Hall–Kier alpha value is -0.870. The molecule has 0 saturated heterocycles. The second kappa shape index (κ2) is 34.6. The van der Waals surface area contributed by atoms with Gasteiger partial charge in [0.2, 0.25) is 0 Å². The van der Waals surface area contributed by atoms with E-state index in [-0.39, 0.29) is 0 Å². The molecule has 2 saturated carbocycles. The first-order valence-electron chi connectivity index (χ1n) is 12.0. The van der Waals surface area contributed by atoms with Crippen LogP contribution in [0.5, 0.6) is 0 Å². The van der Waals surface area contributed by atoms with E-state index in [1.165, 1.54) is 128 Å². The van der Waals surface area contributed by atoms with E-state index >= 15 is 0 Å². The van der Waals surface area contributed by atoms with Crippen LogP contribution in [0.2, 0.25) is 0 Å². The maximum absolute atomic E-state index is 9.25. The fraction of sp³-hybridized carbons (Fsp3) is 0.880. The SMILES string of the molecule is C1CCCCCCCCC1.C1CCCCCCCCC1.C=CC(=O)O.CO.CO. The fourth-order valence-corrected chi connectivity index (χ4v) is 3.54. The van der Waals surface area contributed by atoms with Crippen LogP contribution in [0.4, 0.5) is 0 Å². The van der Waals surface area contributed by atoms with E-state index in [1.807, 2.05) is 0 Å². The highest BCUT2D eigenvalue weighted by Crippen LogP contribution is 2.16. The molecule has 0 amide bonds. The lowest BCUT2D eigenvalue weighted by molar-refractivity contribution is -0.131. The highest BCUT2D eigenvalue weighted by molar-refractivity contribution is 5.78. The van der Waals surface area contributed by atoms with E-state index in [1.54, 1.807) is 0 Å². The van der Waals surface area contributed by atoms with Crippen LogP contribution < -0.4 is 0 Å². The van der Waals surface area contributed by atoms with Gasteiger partial charge in [0.05, 0.1) is 0 Å². The summed E-state index contributed by atoms with van der Waals surface area (Å²) >= 11 is 0. The number of carbonyl (C=O) groups is 1. The van der Waals surface area contributed by atoms with Gasteiger partial charge in [-0.3, -0.25) is 0 Å². The number of aliphatic hydroxyl groups excluding tert-OH is 2. The van der Waals surface area contributed by atoms with Crippen LogP contribution in [0, 0.1) is 0 Å². The van der Waals surface area contributed by atoms with Gasteiger partial charge in [-0.2, -0.15) is 0 Å². The zero-order valence-corrected chi connectivity index (χ0v) is 19.7. The number of aliphatic carboxylic acids is 1. The van der Waals surface area contributed by atoms with Crippen molar-refractivity contribution < 1.29 is 20.1 Å². The monoisotopic (exact) mass is 416 g/mol. The van der Waals surface area contributed by atoms with E-state index in [0.717, 1.165) is 20.3 Å². The standard InChI is InChI=1S/2C10H20.C3H4O2.2CH4O/c2*1-2-4-6-8-10-9-7-5-3-1;1-2-3(4)5;2*1-2/h2*1-10H2;2H,1H2,(H,4,5);2*2H,1H3. The summed E-state index contributed by atoms with van der Waals surface area (Å²) in [5.74, 6) is -0.981. The van der Waals surface area contributed by atoms with Crippen molar-refractivity contribution in [3.63, 3.8) is 0 Å². The highest BCUT2D eigenvalue weighted by Gasteiger charge is 1.96. The highest BCUT2D eigenvalue weighted by atomic mass is 16.4. The second-order valence-corrected chi connectivity index (χ2v) is 7.61. The zero-order valence-electron chi connectivity index (χ0n) is 19.7. The fourth-order valence-electron chi connectivity index (χ4n) is 3.54. The third kappa shape index (κ3) is 38.4. The molecular weight excluding hydrogens is 364 g/mol. The molecule has 0 spiro atoms. The molecule has 2 aliphatic rings. The van der Waals surface area contributed by atoms with Crippen molar-refractivity contribution in [3.8, 4) is 0 Å². The van der Waals surface area contributed by atoms with Crippen molar-refractivity contribution in [1.82, 2.24) is 0 Å². The molecule has 0 heterocycles. The predicted octanol–water partition coefficient (Wildman–Crippen LogP) is 7.28. The molecule has 3 N–H and O–H groups in total. The van der Waals surface area contributed by atoms with Crippen molar-refractivity contribution in [3.05, 3.63) is 12.7 Å². The Kier molecular flexibility index (Phi) is 39.1. The predicted molar refractivity (Wildman–Crippen MR) is 126 cm³/mol. The molecule has 4 heteroatoms. The van der Waals surface area contributed by atoms with Crippen LogP contribution in [-0.4, -0.2) is 35.5 Å². The van der Waals surface area contributed by atoms with Gasteiger partial charge >= 0.3 is 5.97 Å². The second-order valence-electron chi connectivity index (χ2n) is 7.61. The van der Waals surface area contributed by atoms with E-state index in [2.05, 4.69) is 6.58 Å². The summed E-state index contributed by atoms with van der Waals surface area (Å²) in [5, 5.41) is 21.6. The molecule has 0 bridgehead atoms. The summed E-state index contributed by atoms with van der Waals surface area (Å²) in [6.45, 7) is 2.96. The van der Waals surface area contributed by atoms with Gasteiger partial charge in [0.1, 0.15) is 0 Å². The first kappa shape index (κ1) is 32.8. The molecule has 0 aromatic heterocycles. The molecule has 176 valence electrons. The zero-order chi connectivity index (χ0) is 22.4. The Balaban J connectivity index is -0.000000336. The lowest BCUT2D eigenvalue weighted by Gasteiger charge is -2.05. The maximum atomic E-state index is 9.25. The number of rotatable bonds is 1. The molecule has 4 nitrogen and oxygen atoms in total. The number of carboxylic acids is 1. The first-order valence-corrected chi connectivity index (χ1v) is 12.0. The quantitative estimate of drug-likeness (QED) is 0.392. The molecule has 2 fully saturated rings. The van der Waals surface area contributed by atoms with E-state index in [0.29, 0.717) is 0 Å². The van der Waals surface area contributed by atoms with Gasteiger partial charge in [0, 0.05) is 20.3 Å². The minimum absolute atomic E-state index is 0.833. The summed E-state index contributed by atoms with van der Waals surface area (Å²) in [6, 6.07) is 0. The van der Waals surface area contributed by atoms with Crippen LogP contribution in [0.15, 0.2) is 12.7 Å². The van der Waals surface area contributed by atoms with Gasteiger partial charge in [-0.25, -0.2) is 4.79 Å². The topological polar surface area (TPSA) is 77.8 Å². The molecule has 2 rings (SSSR count). The van der Waals surface area contributed by atoms with Crippen LogP contribution >= 0.6 is 0 Å². The van der Waals surface area contributed by atoms with E-state index in [9.17, 15) is 4.79 Å². The number of aliphatic hydroxyl groups is 2. The van der Waals surface area contributed by atoms with E-state index < -0.39 is 5.97 Å². The molecule has 0 atom stereocenters. The summed E-state index contributed by atoms with van der Waals surface area (Å²) in [6.07, 6.45) is 30.8. The van der Waals surface area contributed by atoms with Crippen LogP contribution in [0.25, 0.3) is 0 Å². The lowest BCUT2D eigenvalue weighted by atomic mass is 10.0. The Morgan fingerprint density at radius 2 is 0.552 bits per heavy atom. The average Bonchev–Trinajstić information content (AvgIpc) is 2.80. The first-order chi connectivity index (χ1) is 14.3. The molecule has 0 aliphatic heterocycles. The third-order valence-electron chi connectivity index (χ3n) is 5.17. The van der Waals surface area contributed by atoms with Gasteiger partial charge in [0.25, 0.3) is 0 Å². The number of hydrogen-bond acceptors (Lipinski definition) is 3. The largest absolute Gasteiger partial charge is 0.478 e. The molecule has 0 unspecified atom stereocenters. The van der Waals surface area contributed by atoms with Crippen molar-refractivity contribution in [2.24, 2.45) is 0 Å². The summed E-state index contributed by atoms with van der Waals surface area (Å²) < 4.78 is 0. The lowest BCUT2D eigenvalue weighted by Crippen LogP contribution is -1.85. The Morgan fingerprint density at radius 3 is 0.586 bits per heavy atom. The average molecular weight is 417 g/mol. The van der Waals surface area contributed by atoms with Gasteiger partial charge < -0.3 is 15.3 Å². The van der Waals surface area contributed by atoms with Crippen LogP contribution in [0.3, 0.4) is 0 Å². The molecular formula is C25H52O4. The Morgan fingerprint density at radius 1 is 0.483 bits per heavy atom. The van der Waals surface area contributed by atoms with E-state index in [4.69, 9.17) is 15.3 Å². The van der Waals surface area contributed by atoms with Gasteiger partial charge in [-0.05, 0) is 0 Å². The molecule has 29 heavy (non-hydrogen) atoms. The maximum Gasteiger partial charge on any atom is 0.327 e. The van der Waals surface area contributed by atoms with Gasteiger partial charge in [0.15, 0.2) is 0 Å². The summed E-state index contributed by atoms with van der Waals surface area (Å²) in [4.78, 5) is 9.25. The van der Waals surface area contributed by atoms with Gasteiger partial charge in [-0.15, -0.1) is 0 Å². The van der Waals surface area contributed by atoms with Crippen LogP contribution in [0.1, 0.15) is 128 Å². The van der Waals surface area contributed by atoms with Crippen molar-refractivity contribution in [2.75, 3.05) is 14.2 Å². The van der Waals surface area contributed by atoms with Crippen LogP contribution in [-0.2, 0) is 4.79 Å². The summed E-state index contributed by atoms with van der Waals surface area (Å²) in [7, 11) is 2.00. The molecule has 0 radical (unpaired) electrons.